The smallest absolute Gasteiger partial charge is 0.454 e. The largest absolute Gasteiger partial charge is 0.490 e. The highest BCUT2D eigenvalue weighted by Crippen LogP contribution is 2.48. The van der Waals surface area contributed by atoms with E-state index in [1.165, 1.54) is 44.6 Å². The first-order valence-electron chi connectivity index (χ1n) is 12.2. The van der Waals surface area contributed by atoms with Crippen LogP contribution in [0.1, 0.15) is 31.7 Å². The molecule has 218 valence electrons. The number of esters is 1. The number of nitrogens with two attached hydrogens (primary N) is 1. The number of alkyl halides is 3. The molecule has 0 bridgehead atoms. The highest BCUT2D eigenvalue weighted by molar-refractivity contribution is 7.96. The topological polar surface area (TPSA) is 146 Å². The molecule has 1 aliphatic carbocycles. The molecule has 3 heterocycles. The zero-order valence-electron chi connectivity index (χ0n) is 21.6. The molecule has 1 aliphatic heterocycles. The molecule has 2 N–H and O–H groups in total. The molecule has 1 aromatic carbocycles. The van der Waals surface area contributed by atoms with Gasteiger partial charge in [-0.25, -0.2) is 27.7 Å². The van der Waals surface area contributed by atoms with Crippen LogP contribution in [0.2, 0.25) is 5.02 Å². The summed E-state index contributed by atoms with van der Waals surface area (Å²) in [5.74, 6) is -3.34. The lowest BCUT2D eigenvalue weighted by atomic mass is 9.90. The van der Waals surface area contributed by atoms with E-state index in [0.717, 1.165) is 0 Å². The molecule has 5 rings (SSSR count). The highest BCUT2D eigenvalue weighted by Gasteiger charge is 2.62. The number of amidine groups is 1. The Balaban J connectivity index is 1.55. The lowest BCUT2D eigenvalue weighted by molar-refractivity contribution is -0.205. The van der Waals surface area contributed by atoms with Crippen molar-refractivity contribution in [3.05, 3.63) is 53.1 Å². The minimum absolute atomic E-state index is 0.00768. The minimum atomic E-state index is -5.26. The molecule has 0 amide bonds. The number of hydrogen-bond donors (Lipinski definition) is 1. The van der Waals surface area contributed by atoms with E-state index in [9.17, 15) is 22.2 Å². The predicted octanol–water partition coefficient (Wildman–Crippen LogP) is 4.67. The lowest BCUT2D eigenvalue weighted by Gasteiger charge is -2.44. The van der Waals surface area contributed by atoms with Gasteiger partial charge in [0.05, 0.1) is 20.5 Å². The molecule has 2 aliphatic rings. The van der Waals surface area contributed by atoms with Gasteiger partial charge in [0.15, 0.2) is 17.3 Å². The van der Waals surface area contributed by atoms with Crippen molar-refractivity contribution >= 4 is 33.1 Å². The third-order valence-electron chi connectivity index (χ3n) is 7.35. The van der Waals surface area contributed by atoms with Crippen LogP contribution in [0.5, 0.6) is 0 Å². The molecule has 10 nitrogen and oxygen atoms in total. The molecule has 3 aromatic rings. The Morgan fingerprint density at radius 2 is 1.98 bits per heavy atom. The molecular formula is C25H23ClF4N6O4S. The fraction of sp³-hybridized carbons (Fsp3) is 0.400. The van der Waals surface area contributed by atoms with Gasteiger partial charge in [-0.2, -0.15) is 13.2 Å². The first-order valence-corrected chi connectivity index (χ1v) is 14.3. The van der Waals surface area contributed by atoms with E-state index in [1.807, 2.05) is 0 Å². The first kappa shape index (κ1) is 28.9. The average molecular weight is 615 g/mol. The number of carbonyl (C=O) groups is 1. The zero-order valence-corrected chi connectivity index (χ0v) is 23.2. The molecule has 16 heteroatoms. The second-order valence-electron chi connectivity index (χ2n) is 9.91. The fourth-order valence-electron chi connectivity index (χ4n) is 5.44. The quantitative estimate of drug-likeness (QED) is 0.329. The molecule has 2 unspecified atom stereocenters. The van der Waals surface area contributed by atoms with Crippen LogP contribution < -0.4 is 5.73 Å². The average Bonchev–Trinajstić information content (AvgIpc) is 3.57. The van der Waals surface area contributed by atoms with E-state index < -0.39 is 49.8 Å². The molecule has 0 radical (unpaired) electrons. The van der Waals surface area contributed by atoms with Crippen LogP contribution in [0.3, 0.4) is 0 Å². The summed E-state index contributed by atoms with van der Waals surface area (Å²) in [4.78, 5) is 24.4. The maximum atomic E-state index is 15.3. The molecule has 1 spiro atoms. The summed E-state index contributed by atoms with van der Waals surface area (Å²) in [6.07, 6.45) is -3.67. The summed E-state index contributed by atoms with van der Waals surface area (Å²) >= 11 is 5.83. The van der Waals surface area contributed by atoms with Gasteiger partial charge in [-0.05, 0) is 44.4 Å². The van der Waals surface area contributed by atoms with E-state index in [0.29, 0.717) is 16.3 Å². The van der Waals surface area contributed by atoms with Gasteiger partial charge in [-0.1, -0.05) is 16.8 Å². The molecule has 0 saturated heterocycles. The molecule has 1 saturated carbocycles. The van der Waals surface area contributed by atoms with Crippen molar-refractivity contribution in [2.45, 2.75) is 48.8 Å². The van der Waals surface area contributed by atoms with Crippen LogP contribution in [-0.4, -0.2) is 61.0 Å². The van der Waals surface area contributed by atoms with Gasteiger partial charge in [0.2, 0.25) is 0 Å². The number of benzene rings is 1. The monoisotopic (exact) mass is 614 g/mol. The van der Waals surface area contributed by atoms with Gasteiger partial charge in [-0.3, -0.25) is 4.99 Å². The maximum absolute atomic E-state index is 15.3. The third-order valence-corrected chi connectivity index (χ3v) is 10.9. The highest BCUT2D eigenvalue weighted by atomic mass is 35.5. The van der Waals surface area contributed by atoms with Crippen molar-refractivity contribution in [3.8, 4) is 22.8 Å². The van der Waals surface area contributed by atoms with Crippen molar-refractivity contribution < 1.29 is 35.8 Å². The Bertz CT molecular complexity index is 1670. The SMILES string of the molecule is CN=[S@@]1(=O)C[C@@](C)(c2cc(-c3cc(-c4ncc(Cl)cn4)no3)ccc2F)N=C(N)C12CCCC2OC(=O)C(F)(F)F. The van der Waals surface area contributed by atoms with Crippen LogP contribution in [0, 0.1) is 5.82 Å². The van der Waals surface area contributed by atoms with E-state index in [-0.39, 0.29) is 42.2 Å². The Hall–Kier alpha value is -3.59. The third kappa shape index (κ3) is 4.84. The van der Waals surface area contributed by atoms with Crippen molar-refractivity contribution in [2.75, 3.05) is 12.8 Å². The van der Waals surface area contributed by atoms with Gasteiger partial charge < -0.3 is 15.0 Å². The van der Waals surface area contributed by atoms with Crippen LogP contribution in [0.25, 0.3) is 22.8 Å². The van der Waals surface area contributed by atoms with Crippen LogP contribution in [-0.2, 0) is 24.8 Å². The summed E-state index contributed by atoms with van der Waals surface area (Å²) in [5.41, 5.74) is 5.49. The Kier molecular flexibility index (Phi) is 7.09. The number of ether oxygens (including phenoxy) is 1. The summed E-state index contributed by atoms with van der Waals surface area (Å²) in [6, 6.07) is 5.58. The zero-order chi connectivity index (χ0) is 29.8. The van der Waals surface area contributed by atoms with E-state index >= 15 is 4.39 Å². The van der Waals surface area contributed by atoms with Gasteiger partial charge >= 0.3 is 12.1 Å². The van der Waals surface area contributed by atoms with E-state index in [4.69, 9.17) is 26.6 Å². The minimum Gasteiger partial charge on any atom is -0.454 e. The number of hydrogen-bond acceptors (Lipinski definition) is 10. The summed E-state index contributed by atoms with van der Waals surface area (Å²) in [6.45, 7) is 1.50. The first-order chi connectivity index (χ1) is 19.2. The van der Waals surface area contributed by atoms with Crippen LogP contribution in [0.4, 0.5) is 17.6 Å². The number of nitrogens with zero attached hydrogens (tertiary/aromatic N) is 5. The predicted molar refractivity (Wildman–Crippen MR) is 141 cm³/mol. The molecular weight excluding hydrogens is 592 g/mol. The van der Waals surface area contributed by atoms with Crippen molar-refractivity contribution in [2.24, 2.45) is 15.1 Å². The summed E-state index contributed by atoms with van der Waals surface area (Å²) < 4.78 is 81.4. The van der Waals surface area contributed by atoms with Crippen LogP contribution >= 0.6 is 11.6 Å². The van der Waals surface area contributed by atoms with E-state index in [2.05, 4.69) is 24.5 Å². The number of rotatable bonds is 4. The fourth-order valence-corrected chi connectivity index (χ4v) is 8.64. The summed E-state index contributed by atoms with van der Waals surface area (Å²) in [5, 5.41) is 4.29. The Morgan fingerprint density at radius 3 is 2.63 bits per heavy atom. The van der Waals surface area contributed by atoms with Gasteiger partial charge in [0.25, 0.3) is 0 Å². The number of aromatic nitrogens is 3. The van der Waals surface area contributed by atoms with Crippen molar-refractivity contribution in [3.63, 3.8) is 0 Å². The second kappa shape index (κ2) is 10.0. The second-order valence-corrected chi connectivity index (χ2v) is 13.0. The number of halogens is 5. The maximum Gasteiger partial charge on any atom is 0.490 e. The molecule has 2 aromatic heterocycles. The van der Waals surface area contributed by atoms with Gasteiger partial charge in [0, 0.05) is 36.6 Å². The Labute approximate surface area is 236 Å². The molecule has 4 atom stereocenters. The lowest BCUT2D eigenvalue weighted by Crippen LogP contribution is -2.63. The van der Waals surface area contributed by atoms with Crippen molar-refractivity contribution in [1.82, 2.24) is 15.1 Å². The molecule has 41 heavy (non-hydrogen) atoms. The Morgan fingerprint density at radius 1 is 1.27 bits per heavy atom. The van der Waals surface area contributed by atoms with Gasteiger partial charge in [-0.15, -0.1) is 0 Å². The summed E-state index contributed by atoms with van der Waals surface area (Å²) in [7, 11) is -2.31. The van der Waals surface area contributed by atoms with E-state index in [1.54, 1.807) is 6.07 Å². The van der Waals surface area contributed by atoms with Crippen molar-refractivity contribution in [1.29, 1.82) is 0 Å². The number of carbonyl (C=O) groups excluding carboxylic acids is 1. The standard InChI is InChI=1S/C25H23ClF4N6O4S/c1-23(12-41(38,32-2)24(21(31)35-23)7-3-4-19(24)39-22(37)25(28,29)30)15-8-13(5-6-16(15)27)18-9-17(36-40-18)20-33-10-14(26)11-34-20/h5-6,8-11,19H,3-4,7,12H2,1-2H3,(H2,31,35)/t19?,23-,24?,41+/m0/s1. The number of aliphatic imine (C=N–C) groups is 1. The molecule has 1 fully saturated rings. The van der Waals surface area contributed by atoms with Crippen LogP contribution in [0.15, 0.2) is 50.5 Å². The normalized spacial score (nSPS) is 28.0. The van der Waals surface area contributed by atoms with Gasteiger partial charge in [0.1, 0.15) is 28.0 Å².